The Balaban J connectivity index is 1.10. The van der Waals surface area contributed by atoms with Gasteiger partial charge in [-0.05, 0) is 56.1 Å². The van der Waals surface area contributed by atoms with Crippen LogP contribution >= 0.6 is 11.8 Å². The molecule has 0 N–H and O–H groups in total. The highest BCUT2D eigenvalue weighted by Crippen LogP contribution is 2.64. The van der Waals surface area contributed by atoms with Crippen molar-refractivity contribution in [1.29, 1.82) is 0 Å². The van der Waals surface area contributed by atoms with E-state index in [0.29, 0.717) is 17.5 Å². The molecule has 1 aliphatic heterocycles. The molecule has 9 aromatic rings. The maximum atomic E-state index is 5.35. The van der Waals surface area contributed by atoms with Crippen molar-refractivity contribution in [1.82, 2.24) is 19.9 Å². The average molecular weight is 863 g/mol. The molecule has 312 valence electrons. The van der Waals surface area contributed by atoms with E-state index in [2.05, 4.69) is 165 Å². The van der Waals surface area contributed by atoms with Gasteiger partial charge in [0.05, 0.1) is 10.9 Å². The van der Waals surface area contributed by atoms with Gasteiger partial charge in [0, 0.05) is 43.6 Å². The van der Waals surface area contributed by atoms with Crippen LogP contribution in [0.4, 0.5) is 0 Å². The van der Waals surface area contributed by atoms with Crippen molar-refractivity contribution in [2.45, 2.75) is 15.2 Å². The third kappa shape index (κ3) is 6.98. The summed E-state index contributed by atoms with van der Waals surface area (Å²) in [5.41, 5.74) is 14.9. The summed E-state index contributed by atoms with van der Waals surface area (Å²) >= 11 is 1.81. The summed E-state index contributed by atoms with van der Waals surface area (Å²) in [6, 6.07) is 60.5. The van der Waals surface area contributed by atoms with Gasteiger partial charge in [-0.25, -0.2) is 15.0 Å². The number of hydrogen-bond donors (Lipinski definition) is 0. The van der Waals surface area contributed by atoms with Gasteiger partial charge in [-0.15, -0.1) is 0 Å². The van der Waals surface area contributed by atoms with Crippen LogP contribution in [-0.2, 0) is 5.41 Å². The number of benzene rings is 7. The van der Waals surface area contributed by atoms with Crippen molar-refractivity contribution in [2.24, 2.45) is 0 Å². The van der Waals surface area contributed by atoms with Gasteiger partial charge in [-0.2, -0.15) is 0 Å². The maximum Gasteiger partial charge on any atom is 0.165 e. The van der Waals surface area contributed by atoms with E-state index >= 15 is 0 Å². The summed E-state index contributed by atoms with van der Waals surface area (Å²) in [5.74, 6) is 1.84. The largest absolute Gasteiger partial charge is 0.256 e. The fourth-order valence-corrected chi connectivity index (χ4v) is 10.9. The SMILES string of the molecule is C=C\C=C/C=C/C(C=C)=C/C=C/c1ccc(-c2nc(-c3ccccc3)nc(-c3cccc4c3Sc3c(-c5cccc6cccnc56)cccc3C43c4ccccc4-c4ccccc43)n2)cc1. The van der Waals surface area contributed by atoms with E-state index in [1.165, 1.54) is 38.3 Å². The van der Waals surface area contributed by atoms with E-state index in [1.807, 2.05) is 84.8 Å². The Bertz CT molecular complexity index is 3440. The fraction of sp³-hybridized carbons (Fsp3) is 0.0164. The van der Waals surface area contributed by atoms with Crippen molar-refractivity contribution in [2.75, 3.05) is 0 Å². The lowest BCUT2D eigenvalue weighted by molar-refractivity contribution is 0.723. The Morgan fingerprint density at radius 2 is 1.05 bits per heavy atom. The molecule has 4 nitrogen and oxygen atoms in total. The van der Waals surface area contributed by atoms with Gasteiger partial charge in [0.25, 0.3) is 0 Å². The topological polar surface area (TPSA) is 51.6 Å². The fourth-order valence-electron chi connectivity index (χ4n) is 9.51. The van der Waals surface area contributed by atoms with E-state index in [1.54, 1.807) is 6.08 Å². The van der Waals surface area contributed by atoms with Crippen LogP contribution in [0.5, 0.6) is 0 Å². The summed E-state index contributed by atoms with van der Waals surface area (Å²) in [6.45, 7) is 7.69. The van der Waals surface area contributed by atoms with E-state index < -0.39 is 5.41 Å². The zero-order chi connectivity index (χ0) is 44.5. The molecule has 1 aliphatic carbocycles. The van der Waals surface area contributed by atoms with Crippen LogP contribution in [0.2, 0.25) is 0 Å². The van der Waals surface area contributed by atoms with E-state index in [9.17, 15) is 0 Å². The Kier molecular flexibility index (Phi) is 10.7. The summed E-state index contributed by atoms with van der Waals surface area (Å²) in [5, 5.41) is 1.11. The zero-order valence-corrected chi connectivity index (χ0v) is 36.9. The molecule has 0 radical (unpaired) electrons. The highest BCUT2D eigenvalue weighted by Gasteiger charge is 2.51. The molecule has 1 spiro atoms. The van der Waals surface area contributed by atoms with Crippen LogP contribution in [0.3, 0.4) is 0 Å². The van der Waals surface area contributed by atoms with Crippen molar-refractivity contribution in [3.8, 4) is 56.4 Å². The summed E-state index contributed by atoms with van der Waals surface area (Å²) in [4.78, 5) is 23.1. The van der Waals surface area contributed by atoms with Crippen molar-refractivity contribution in [3.63, 3.8) is 0 Å². The lowest BCUT2D eigenvalue weighted by atomic mass is 9.66. The Hall–Kier alpha value is -8.25. The maximum absolute atomic E-state index is 5.35. The van der Waals surface area contributed by atoms with E-state index in [4.69, 9.17) is 19.9 Å². The molecule has 7 aromatic carbocycles. The van der Waals surface area contributed by atoms with E-state index in [0.717, 1.165) is 54.8 Å². The molecule has 66 heavy (non-hydrogen) atoms. The van der Waals surface area contributed by atoms with Gasteiger partial charge in [0.2, 0.25) is 0 Å². The Morgan fingerprint density at radius 1 is 0.470 bits per heavy atom. The second-order valence-corrected chi connectivity index (χ2v) is 17.2. The number of hydrogen-bond acceptors (Lipinski definition) is 5. The molecule has 0 fully saturated rings. The minimum absolute atomic E-state index is 0.605. The van der Waals surface area contributed by atoms with Crippen LogP contribution in [0.1, 0.15) is 27.8 Å². The molecule has 0 bridgehead atoms. The number of rotatable bonds is 10. The third-order valence-corrected chi connectivity index (χ3v) is 13.7. The molecule has 0 amide bonds. The summed E-state index contributed by atoms with van der Waals surface area (Å²) in [6.07, 6.45) is 19.4. The zero-order valence-electron chi connectivity index (χ0n) is 36.1. The van der Waals surface area contributed by atoms with Gasteiger partial charge < -0.3 is 0 Å². The van der Waals surface area contributed by atoms with Gasteiger partial charge >= 0.3 is 0 Å². The normalized spacial score (nSPS) is 13.5. The molecular formula is C61H42N4S. The monoisotopic (exact) mass is 862 g/mol. The van der Waals surface area contributed by atoms with Gasteiger partial charge in [-0.1, -0.05) is 243 Å². The Morgan fingerprint density at radius 3 is 1.76 bits per heavy atom. The highest BCUT2D eigenvalue weighted by atomic mass is 32.2. The van der Waals surface area contributed by atoms with Crippen LogP contribution in [0.15, 0.2) is 253 Å². The standard InChI is InChI=1S/C61H42N4S/c1-3-5-6-8-20-41(4-2)21-15-22-42-36-38-45(39-37-42)59-63-58(44-23-9-7-10-24-44)64-60(65-59)50-31-18-35-54-57(50)66-56-49(48-29-16-25-43-26-19-40-62-55(43)48)30-17-34-53(56)61(54)51-32-13-11-27-46(51)47-28-12-14-33-52(47)61/h3-40H,1-2H2/b6-5-,20-8+,22-15+,41-21+. The molecule has 0 saturated heterocycles. The Labute approximate surface area is 389 Å². The minimum Gasteiger partial charge on any atom is -0.256 e. The van der Waals surface area contributed by atoms with Crippen molar-refractivity contribution >= 4 is 28.7 Å². The molecular weight excluding hydrogens is 821 g/mol. The molecule has 3 heterocycles. The number of nitrogens with zero attached hydrogens (tertiary/aromatic N) is 4. The van der Waals surface area contributed by atoms with Gasteiger partial charge in [0.1, 0.15) is 0 Å². The molecule has 5 heteroatoms. The number of allylic oxidation sites excluding steroid dienone is 9. The highest BCUT2D eigenvalue weighted by molar-refractivity contribution is 7.99. The third-order valence-electron chi connectivity index (χ3n) is 12.5. The van der Waals surface area contributed by atoms with Crippen LogP contribution < -0.4 is 0 Å². The lowest BCUT2D eigenvalue weighted by Gasteiger charge is -2.41. The summed E-state index contributed by atoms with van der Waals surface area (Å²) < 4.78 is 0. The first-order valence-corrected chi connectivity index (χ1v) is 22.8. The van der Waals surface area contributed by atoms with Crippen molar-refractivity contribution < 1.29 is 0 Å². The average Bonchev–Trinajstić information content (AvgIpc) is 3.67. The first kappa shape index (κ1) is 40.5. The number of aromatic nitrogens is 4. The van der Waals surface area contributed by atoms with Gasteiger partial charge in [-0.3, -0.25) is 4.98 Å². The van der Waals surface area contributed by atoms with Crippen LogP contribution in [0, 0.1) is 0 Å². The first-order chi connectivity index (χ1) is 32.6. The first-order valence-electron chi connectivity index (χ1n) is 22.0. The quantitative estimate of drug-likeness (QED) is 0.128. The van der Waals surface area contributed by atoms with E-state index in [-0.39, 0.29) is 0 Å². The minimum atomic E-state index is -0.616. The lowest BCUT2D eigenvalue weighted by Crippen LogP contribution is -2.32. The second-order valence-electron chi connectivity index (χ2n) is 16.2. The van der Waals surface area contributed by atoms with Crippen LogP contribution in [0.25, 0.3) is 73.4 Å². The molecule has 11 rings (SSSR count). The molecule has 0 saturated carbocycles. The van der Waals surface area contributed by atoms with Gasteiger partial charge in [0.15, 0.2) is 17.5 Å². The molecule has 0 atom stereocenters. The number of para-hydroxylation sites is 1. The van der Waals surface area contributed by atoms with Crippen molar-refractivity contribution in [3.05, 3.63) is 271 Å². The molecule has 2 aliphatic rings. The smallest absolute Gasteiger partial charge is 0.165 e. The molecule has 2 aromatic heterocycles. The molecule has 0 unspecified atom stereocenters. The predicted molar refractivity (Wildman–Crippen MR) is 274 cm³/mol. The predicted octanol–water partition coefficient (Wildman–Crippen LogP) is 15.3. The number of fused-ring (bicyclic) bond motifs is 10. The summed E-state index contributed by atoms with van der Waals surface area (Å²) in [7, 11) is 0. The van der Waals surface area contributed by atoms with Crippen LogP contribution in [-0.4, -0.2) is 19.9 Å². The second kappa shape index (κ2) is 17.4. The number of pyridine rings is 1.